The third kappa shape index (κ3) is 3.98. The summed E-state index contributed by atoms with van der Waals surface area (Å²) < 4.78 is 0. The van der Waals surface area contributed by atoms with Crippen LogP contribution in [-0.2, 0) is 0 Å². The molecule has 4 nitrogen and oxygen atoms in total. The van der Waals surface area contributed by atoms with Gasteiger partial charge in [-0.3, -0.25) is 0 Å². The number of hydrogen-bond acceptors (Lipinski definition) is 4. The quantitative estimate of drug-likeness (QED) is 0.437. The van der Waals surface area contributed by atoms with Crippen LogP contribution in [0.3, 0.4) is 0 Å². The summed E-state index contributed by atoms with van der Waals surface area (Å²) in [5, 5.41) is 8.69. The van der Waals surface area contributed by atoms with Crippen LogP contribution in [0.4, 0.5) is 0 Å². The maximum Gasteiger partial charge on any atom is 0.100 e. The Hall–Kier alpha value is -0.580. The lowest BCUT2D eigenvalue weighted by atomic mass is 10.3. The van der Waals surface area contributed by atoms with E-state index in [0.717, 1.165) is 13.0 Å². The summed E-state index contributed by atoms with van der Waals surface area (Å²) in [7, 11) is 0. The molecular weight excluding hydrogens is 142 g/mol. The first-order chi connectivity index (χ1) is 5.26. The van der Waals surface area contributed by atoms with E-state index >= 15 is 0 Å². The molecule has 66 valence electrons. The van der Waals surface area contributed by atoms with Crippen molar-refractivity contribution in [3.8, 4) is 0 Å². The molecule has 1 atom stereocenters. The van der Waals surface area contributed by atoms with Crippen LogP contribution in [0.5, 0.6) is 0 Å². The molecule has 11 heavy (non-hydrogen) atoms. The molecule has 0 spiro atoms. The first-order valence-electron chi connectivity index (χ1n) is 3.71. The van der Waals surface area contributed by atoms with Gasteiger partial charge in [0.25, 0.3) is 0 Å². The highest BCUT2D eigenvalue weighted by atomic mass is 16.3. The van der Waals surface area contributed by atoms with Crippen molar-refractivity contribution >= 4 is 0 Å². The highest BCUT2D eigenvalue weighted by Crippen LogP contribution is 1.94. The van der Waals surface area contributed by atoms with Crippen molar-refractivity contribution in [1.29, 1.82) is 0 Å². The summed E-state index contributed by atoms with van der Waals surface area (Å²) in [5.74, 6) is 0. The van der Waals surface area contributed by atoms with Gasteiger partial charge in [0.2, 0.25) is 0 Å². The van der Waals surface area contributed by atoms with Crippen LogP contribution < -0.4 is 11.5 Å². The standard InChI is InChI=1S/C7H17N3O/c1-2-10(5-3-4-8)7(9)6-11/h2,7,11H,1,3-6,8-9H2. The molecule has 4 heteroatoms. The van der Waals surface area contributed by atoms with Crippen LogP contribution in [0, 0.1) is 0 Å². The lowest BCUT2D eigenvalue weighted by Gasteiger charge is -2.25. The van der Waals surface area contributed by atoms with Gasteiger partial charge in [0.15, 0.2) is 0 Å². The number of hydrogen-bond donors (Lipinski definition) is 3. The van der Waals surface area contributed by atoms with Crippen molar-refractivity contribution in [3.05, 3.63) is 12.8 Å². The second-order valence-electron chi connectivity index (χ2n) is 2.31. The van der Waals surface area contributed by atoms with Crippen LogP contribution >= 0.6 is 0 Å². The summed E-state index contributed by atoms with van der Waals surface area (Å²) >= 11 is 0. The summed E-state index contributed by atoms with van der Waals surface area (Å²) in [6.07, 6.45) is 2.13. The number of aliphatic hydroxyl groups excluding tert-OH is 1. The van der Waals surface area contributed by atoms with Gasteiger partial charge in [-0.15, -0.1) is 0 Å². The zero-order valence-corrected chi connectivity index (χ0v) is 6.74. The predicted octanol–water partition coefficient (Wildman–Crippen LogP) is -0.942. The molecule has 0 fully saturated rings. The molecule has 0 aromatic carbocycles. The van der Waals surface area contributed by atoms with Crippen LogP contribution in [0.1, 0.15) is 6.42 Å². The first kappa shape index (κ1) is 10.4. The highest BCUT2D eigenvalue weighted by molar-refractivity contribution is 4.75. The second kappa shape index (κ2) is 6.15. The molecule has 0 aromatic rings. The third-order valence-corrected chi connectivity index (χ3v) is 1.47. The lowest BCUT2D eigenvalue weighted by molar-refractivity contribution is 0.167. The largest absolute Gasteiger partial charge is 0.393 e. The highest BCUT2D eigenvalue weighted by Gasteiger charge is 2.06. The SMILES string of the molecule is C=CN(CCCN)C(N)CO. The predicted molar refractivity (Wildman–Crippen MR) is 45.6 cm³/mol. The summed E-state index contributed by atoms with van der Waals surface area (Å²) in [6.45, 7) is 4.90. The smallest absolute Gasteiger partial charge is 0.100 e. The van der Waals surface area contributed by atoms with Gasteiger partial charge in [-0.1, -0.05) is 6.58 Å². The Bertz CT molecular complexity index is 108. The molecule has 0 aliphatic rings. The van der Waals surface area contributed by atoms with Gasteiger partial charge < -0.3 is 21.5 Å². The minimum Gasteiger partial charge on any atom is -0.393 e. The molecule has 5 N–H and O–H groups in total. The van der Waals surface area contributed by atoms with Crippen LogP contribution in [0.25, 0.3) is 0 Å². The van der Waals surface area contributed by atoms with Crippen molar-refractivity contribution in [3.63, 3.8) is 0 Å². The van der Waals surface area contributed by atoms with Crippen molar-refractivity contribution in [2.24, 2.45) is 11.5 Å². The normalized spacial score (nSPS) is 12.6. The van der Waals surface area contributed by atoms with Crippen LogP contribution in [0.2, 0.25) is 0 Å². The molecule has 1 unspecified atom stereocenters. The van der Waals surface area contributed by atoms with E-state index in [4.69, 9.17) is 16.6 Å². The number of rotatable bonds is 6. The van der Waals surface area contributed by atoms with Crippen molar-refractivity contribution in [2.75, 3.05) is 19.7 Å². The van der Waals surface area contributed by atoms with Gasteiger partial charge >= 0.3 is 0 Å². The van der Waals surface area contributed by atoms with E-state index in [9.17, 15) is 0 Å². The zero-order valence-electron chi connectivity index (χ0n) is 6.74. The Balaban J connectivity index is 3.65. The van der Waals surface area contributed by atoms with Gasteiger partial charge in [-0.25, -0.2) is 0 Å². The number of nitrogens with two attached hydrogens (primary N) is 2. The topological polar surface area (TPSA) is 75.5 Å². The molecule has 0 amide bonds. The Morgan fingerprint density at radius 1 is 1.64 bits per heavy atom. The minimum atomic E-state index is -0.348. The molecule has 0 aromatic heterocycles. The van der Waals surface area contributed by atoms with Gasteiger partial charge in [-0.2, -0.15) is 0 Å². The average Bonchev–Trinajstić information content (AvgIpc) is 2.05. The van der Waals surface area contributed by atoms with Gasteiger partial charge in [0.1, 0.15) is 6.17 Å². The number of aliphatic hydroxyl groups is 1. The molecule has 0 heterocycles. The van der Waals surface area contributed by atoms with E-state index in [1.807, 2.05) is 0 Å². The minimum absolute atomic E-state index is 0.0589. The first-order valence-corrected chi connectivity index (χ1v) is 3.71. The molecule has 0 aliphatic heterocycles. The van der Waals surface area contributed by atoms with Crippen molar-refractivity contribution in [2.45, 2.75) is 12.6 Å². The van der Waals surface area contributed by atoms with E-state index in [1.165, 1.54) is 0 Å². The Kier molecular flexibility index (Phi) is 5.83. The van der Waals surface area contributed by atoms with Gasteiger partial charge in [0, 0.05) is 6.54 Å². The lowest BCUT2D eigenvalue weighted by Crippen LogP contribution is -2.42. The van der Waals surface area contributed by atoms with Crippen LogP contribution in [-0.4, -0.2) is 35.9 Å². The van der Waals surface area contributed by atoms with Crippen molar-refractivity contribution < 1.29 is 5.11 Å². The second-order valence-corrected chi connectivity index (χ2v) is 2.31. The van der Waals surface area contributed by atoms with Crippen molar-refractivity contribution in [1.82, 2.24) is 4.90 Å². The third-order valence-electron chi connectivity index (χ3n) is 1.47. The fourth-order valence-corrected chi connectivity index (χ4v) is 0.771. The molecular formula is C7H17N3O. The van der Waals surface area contributed by atoms with E-state index in [0.29, 0.717) is 6.54 Å². The maximum atomic E-state index is 8.69. The Labute approximate surface area is 67.5 Å². The van der Waals surface area contributed by atoms with Crippen LogP contribution in [0.15, 0.2) is 12.8 Å². The summed E-state index contributed by atoms with van der Waals surface area (Å²) in [6, 6.07) is 0. The molecule has 0 saturated heterocycles. The van der Waals surface area contributed by atoms with E-state index in [-0.39, 0.29) is 12.8 Å². The summed E-state index contributed by atoms with van der Waals surface area (Å²) in [4.78, 5) is 1.77. The number of nitrogens with zero attached hydrogens (tertiary/aromatic N) is 1. The monoisotopic (exact) mass is 159 g/mol. The van der Waals surface area contributed by atoms with E-state index in [2.05, 4.69) is 6.58 Å². The van der Waals surface area contributed by atoms with E-state index in [1.54, 1.807) is 11.1 Å². The fourth-order valence-electron chi connectivity index (χ4n) is 0.771. The molecule has 0 saturated carbocycles. The molecule has 0 rings (SSSR count). The Morgan fingerprint density at radius 3 is 2.64 bits per heavy atom. The Morgan fingerprint density at radius 2 is 2.27 bits per heavy atom. The molecule has 0 bridgehead atoms. The molecule has 0 radical (unpaired) electrons. The fraction of sp³-hybridized carbons (Fsp3) is 0.714. The van der Waals surface area contributed by atoms with Gasteiger partial charge in [-0.05, 0) is 19.2 Å². The maximum absolute atomic E-state index is 8.69. The average molecular weight is 159 g/mol. The zero-order chi connectivity index (χ0) is 8.69. The van der Waals surface area contributed by atoms with E-state index < -0.39 is 0 Å². The summed E-state index contributed by atoms with van der Waals surface area (Å²) in [5.41, 5.74) is 10.8. The molecule has 0 aliphatic carbocycles. The van der Waals surface area contributed by atoms with Gasteiger partial charge in [0.05, 0.1) is 6.61 Å².